The molecule has 1 aliphatic rings. The number of likely N-dealkylation sites (tertiary alicyclic amines) is 1. The van der Waals surface area contributed by atoms with Gasteiger partial charge in [-0.2, -0.15) is 0 Å². The maximum absolute atomic E-state index is 12.0. The van der Waals surface area contributed by atoms with E-state index in [9.17, 15) is 18.0 Å². The molecule has 1 aliphatic heterocycles. The van der Waals surface area contributed by atoms with Gasteiger partial charge in [-0.15, -0.1) is 0 Å². The topological polar surface area (TPSA) is 89.3 Å². The Hall–Kier alpha value is -1.70. The Morgan fingerprint density at radius 1 is 1.38 bits per heavy atom. The number of rotatable bonds is 4. The number of hydrogen-bond donors (Lipinski definition) is 0. The minimum atomic E-state index is -3.10. The third-order valence-electron chi connectivity index (χ3n) is 3.93. The molecule has 21 heavy (non-hydrogen) atoms. The fourth-order valence-corrected chi connectivity index (χ4v) is 3.42. The number of sulfone groups is 1. The molecule has 1 aromatic heterocycles. The number of carbonyl (C=O) groups excluding carboxylic acids is 1. The first kappa shape index (κ1) is 15.7. The number of carbonyl (C=O) groups is 1. The average Bonchev–Trinajstić information content (AvgIpc) is 2.37. The van der Waals surface area contributed by atoms with Crippen LogP contribution >= 0.6 is 0 Å². The molecule has 1 aromatic rings. The Morgan fingerprint density at radius 2 is 2.00 bits per heavy atom. The highest BCUT2D eigenvalue weighted by Gasteiger charge is 2.38. The van der Waals surface area contributed by atoms with Gasteiger partial charge in [0.05, 0.1) is 11.6 Å². The van der Waals surface area contributed by atoms with Crippen LogP contribution in [0.25, 0.3) is 0 Å². The lowest BCUT2D eigenvalue weighted by Crippen LogP contribution is -2.58. The third kappa shape index (κ3) is 2.99. The normalized spacial score (nSPS) is 15.9. The van der Waals surface area contributed by atoms with Crippen LogP contribution in [0.3, 0.4) is 0 Å². The Balaban J connectivity index is 2.02. The van der Waals surface area contributed by atoms with E-state index in [1.165, 1.54) is 15.8 Å². The molecule has 2 heterocycles. The molecule has 0 atom stereocenters. The predicted molar refractivity (Wildman–Crippen MR) is 77.8 cm³/mol. The first-order valence-electron chi connectivity index (χ1n) is 6.78. The Labute approximate surface area is 123 Å². The van der Waals surface area contributed by atoms with Crippen LogP contribution in [0.5, 0.6) is 0 Å². The molecule has 7 nitrogen and oxygen atoms in total. The van der Waals surface area contributed by atoms with E-state index in [0.717, 1.165) is 0 Å². The van der Waals surface area contributed by atoms with Crippen molar-refractivity contribution in [3.63, 3.8) is 0 Å². The SMILES string of the molecule is CCS(=O)(=O)C1CN(C(=O)Cn2cnc(C)c(C)c2=O)C1. The number of aromatic nitrogens is 2. The van der Waals surface area contributed by atoms with Crippen molar-refractivity contribution in [1.82, 2.24) is 14.5 Å². The highest BCUT2D eigenvalue weighted by atomic mass is 32.2. The molecule has 116 valence electrons. The molecule has 2 rings (SSSR count). The van der Waals surface area contributed by atoms with Gasteiger partial charge in [0, 0.05) is 30.1 Å². The standard InChI is InChI=1S/C13H19N3O4S/c1-4-21(19,20)11-5-15(6-11)12(17)7-16-8-14-10(3)9(2)13(16)18/h8,11H,4-7H2,1-3H3. The summed E-state index contributed by atoms with van der Waals surface area (Å²) in [5, 5.41) is -0.471. The lowest BCUT2D eigenvalue weighted by molar-refractivity contribution is -0.135. The Morgan fingerprint density at radius 3 is 2.57 bits per heavy atom. The third-order valence-corrected chi connectivity index (χ3v) is 6.05. The van der Waals surface area contributed by atoms with Crippen molar-refractivity contribution in [2.45, 2.75) is 32.6 Å². The van der Waals surface area contributed by atoms with E-state index in [1.807, 2.05) is 0 Å². The monoisotopic (exact) mass is 313 g/mol. The van der Waals surface area contributed by atoms with Crippen molar-refractivity contribution >= 4 is 15.7 Å². The van der Waals surface area contributed by atoms with Gasteiger partial charge in [-0.25, -0.2) is 13.4 Å². The van der Waals surface area contributed by atoms with Gasteiger partial charge in [-0.1, -0.05) is 6.92 Å². The predicted octanol–water partition coefficient (Wildman–Crippen LogP) is -0.494. The minimum absolute atomic E-state index is 0.0836. The van der Waals surface area contributed by atoms with Gasteiger partial charge in [0.15, 0.2) is 9.84 Å². The van der Waals surface area contributed by atoms with Crippen molar-refractivity contribution in [2.24, 2.45) is 0 Å². The molecular formula is C13H19N3O4S. The molecule has 0 aliphatic carbocycles. The molecule has 0 N–H and O–H groups in total. The summed E-state index contributed by atoms with van der Waals surface area (Å²) in [6.45, 7) is 5.31. The van der Waals surface area contributed by atoms with Crippen LogP contribution in [0.15, 0.2) is 11.1 Å². The van der Waals surface area contributed by atoms with E-state index in [4.69, 9.17) is 0 Å². The van der Waals surface area contributed by atoms with Crippen molar-refractivity contribution in [1.29, 1.82) is 0 Å². The second-order valence-electron chi connectivity index (χ2n) is 5.26. The van der Waals surface area contributed by atoms with Crippen LogP contribution in [0.4, 0.5) is 0 Å². The lowest BCUT2D eigenvalue weighted by atomic mass is 10.2. The van der Waals surface area contributed by atoms with E-state index >= 15 is 0 Å². The van der Waals surface area contributed by atoms with Crippen LogP contribution in [-0.2, 0) is 21.2 Å². The molecule has 0 unspecified atom stereocenters. The number of nitrogens with zero attached hydrogens (tertiary/aromatic N) is 3. The van der Waals surface area contributed by atoms with Crippen molar-refractivity contribution in [3.05, 3.63) is 27.9 Å². The van der Waals surface area contributed by atoms with Gasteiger partial charge in [-0.05, 0) is 13.8 Å². The fourth-order valence-electron chi connectivity index (χ4n) is 2.14. The highest BCUT2D eigenvalue weighted by molar-refractivity contribution is 7.92. The minimum Gasteiger partial charge on any atom is -0.338 e. The lowest BCUT2D eigenvalue weighted by Gasteiger charge is -2.38. The largest absolute Gasteiger partial charge is 0.338 e. The molecule has 1 amide bonds. The molecule has 0 spiro atoms. The fraction of sp³-hybridized carbons (Fsp3) is 0.615. The zero-order chi connectivity index (χ0) is 15.8. The summed E-state index contributed by atoms with van der Waals surface area (Å²) in [6, 6.07) is 0. The maximum atomic E-state index is 12.0. The number of aryl methyl sites for hydroxylation is 1. The van der Waals surface area contributed by atoms with Crippen molar-refractivity contribution in [3.8, 4) is 0 Å². The summed E-state index contributed by atoms with van der Waals surface area (Å²) >= 11 is 0. The van der Waals surface area contributed by atoms with E-state index in [0.29, 0.717) is 11.3 Å². The number of hydrogen-bond acceptors (Lipinski definition) is 5. The summed E-state index contributed by atoms with van der Waals surface area (Å²) in [7, 11) is -3.10. The molecular weight excluding hydrogens is 294 g/mol. The average molecular weight is 313 g/mol. The summed E-state index contributed by atoms with van der Waals surface area (Å²) < 4.78 is 24.5. The molecule has 1 saturated heterocycles. The Bertz CT molecular complexity index is 717. The van der Waals surface area contributed by atoms with E-state index in [1.54, 1.807) is 20.8 Å². The van der Waals surface area contributed by atoms with E-state index in [-0.39, 0.29) is 36.9 Å². The maximum Gasteiger partial charge on any atom is 0.256 e. The second kappa shape index (κ2) is 5.59. The zero-order valence-corrected chi connectivity index (χ0v) is 13.2. The molecule has 0 radical (unpaired) electrons. The molecule has 0 bridgehead atoms. The van der Waals surface area contributed by atoms with E-state index in [2.05, 4.69) is 4.98 Å². The summed E-state index contributed by atoms with van der Waals surface area (Å²) in [5.41, 5.74) is 0.913. The van der Waals surface area contributed by atoms with Gasteiger partial charge >= 0.3 is 0 Å². The first-order chi connectivity index (χ1) is 9.76. The summed E-state index contributed by atoms with van der Waals surface area (Å²) in [6.07, 6.45) is 1.35. The van der Waals surface area contributed by atoms with Gasteiger partial charge in [-0.3, -0.25) is 14.2 Å². The highest BCUT2D eigenvalue weighted by Crippen LogP contribution is 2.17. The van der Waals surface area contributed by atoms with Gasteiger partial charge in [0.2, 0.25) is 5.91 Å². The van der Waals surface area contributed by atoms with E-state index < -0.39 is 15.1 Å². The molecule has 0 saturated carbocycles. The summed E-state index contributed by atoms with van der Waals surface area (Å²) in [4.78, 5) is 29.5. The van der Waals surface area contributed by atoms with Crippen LogP contribution in [0, 0.1) is 13.8 Å². The van der Waals surface area contributed by atoms with Gasteiger partial charge < -0.3 is 4.90 Å². The van der Waals surface area contributed by atoms with Crippen LogP contribution in [0.2, 0.25) is 0 Å². The smallest absolute Gasteiger partial charge is 0.256 e. The molecule has 8 heteroatoms. The van der Waals surface area contributed by atoms with Crippen molar-refractivity contribution in [2.75, 3.05) is 18.8 Å². The summed E-state index contributed by atoms with van der Waals surface area (Å²) in [5.74, 6) is -0.176. The number of amides is 1. The van der Waals surface area contributed by atoms with Gasteiger partial charge in [0.1, 0.15) is 6.54 Å². The second-order valence-corrected chi connectivity index (χ2v) is 7.83. The first-order valence-corrected chi connectivity index (χ1v) is 8.49. The van der Waals surface area contributed by atoms with Crippen LogP contribution in [0.1, 0.15) is 18.2 Å². The van der Waals surface area contributed by atoms with Crippen LogP contribution in [-0.4, -0.2) is 52.9 Å². The molecule has 0 aromatic carbocycles. The zero-order valence-electron chi connectivity index (χ0n) is 12.4. The Kier molecular flexibility index (Phi) is 4.18. The quantitative estimate of drug-likeness (QED) is 0.748. The van der Waals surface area contributed by atoms with Crippen LogP contribution < -0.4 is 5.56 Å². The molecule has 1 fully saturated rings. The van der Waals surface area contributed by atoms with Crippen molar-refractivity contribution < 1.29 is 13.2 Å². The van der Waals surface area contributed by atoms with Gasteiger partial charge in [0.25, 0.3) is 5.56 Å².